The number of benzene rings is 2. The van der Waals surface area contributed by atoms with E-state index >= 15 is 0 Å². The standard InChI is InChI=1S/C15H11F3N2O3/c16-15(17,18)12-7-2-1-6-11(12)14(23)20-19-13(22)9-4-3-5-10(21)8-9/h1-8,21H,(H,19,22)(H,20,23). The number of hydrogen-bond donors (Lipinski definition) is 3. The third-order valence-corrected chi connectivity index (χ3v) is 2.87. The zero-order chi connectivity index (χ0) is 17.0. The molecule has 0 saturated carbocycles. The minimum Gasteiger partial charge on any atom is -0.508 e. The average Bonchev–Trinajstić information content (AvgIpc) is 2.51. The number of hydrazine groups is 1. The van der Waals surface area contributed by atoms with Gasteiger partial charge >= 0.3 is 6.18 Å². The third-order valence-electron chi connectivity index (χ3n) is 2.87. The first kappa shape index (κ1) is 16.3. The summed E-state index contributed by atoms with van der Waals surface area (Å²) in [6, 6.07) is 9.47. The molecule has 2 amide bonds. The van der Waals surface area contributed by atoms with E-state index in [4.69, 9.17) is 0 Å². The van der Waals surface area contributed by atoms with Gasteiger partial charge in [-0.3, -0.25) is 20.4 Å². The molecule has 0 spiro atoms. The molecule has 0 aliphatic heterocycles. The number of amides is 2. The van der Waals surface area contributed by atoms with Crippen LogP contribution in [0, 0.1) is 0 Å². The number of phenols is 1. The van der Waals surface area contributed by atoms with Crippen LogP contribution < -0.4 is 10.9 Å². The van der Waals surface area contributed by atoms with Crippen LogP contribution >= 0.6 is 0 Å². The number of halogens is 3. The monoisotopic (exact) mass is 324 g/mol. The van der Waals surface area contributed by atoms with Crippen LogP contribution in [0.2, 0.25) is 0 Å². The van der Waals surface area contributed by atoms with Gasteiger partial charge < -0.3 is 5.11 Å². The van der Waals surface area contributed by atoms with Gasteiger partial charge in [0.1, 0.15) is 5.75 Å². The second-order valence-corrected chi connectivity index (χ2v) is 4.50. The third kappa shape index (κ3) is 4.00. The first-order valence-electron chi connectivity index (χ1n) is 6.35. The van der Waals surface area contributed by atoms with Crippen molar-refractivity contribution in [3.63, 3.8) is 0 Å². The van der Waals surface area contributed by atoms with Crippen LogP contribution in [0.4, 0.5) is 13.2 Å². The highest BCUT2D eigenvalue weighted by Crippen LogP contribution is 2.31. The van der Waals surface area contributed by atoms with Gasteiger partial charge in [0.15, 0.2) is 0 Å². The Morgan fingerprint density at radius 3 is 2.22 bits per heavy atom. The quantitative estimate of drug-likeness (QED) is 0.743. The Balaban J connectivity index is 2.10. The first-order valence-corrected chi connectivity index (χ1v) is 6.35. The van der Waals surface area contributed by atoms with Crippen molar-refractivity contribution in [2.45, 2.75) is 6.18 Å². The van der Waals surface area contributed by atoms with Crippen LogP contribution in [-0.2, 0) is 6.18 Å². The molecular weight excluding hydrogens is 313 g/mol. The lowest BCUT2D eigenvalue weighted by Crippen LogP contribution is -2.42. The lowest BCUT2D eigenvalue weighted by atomic mass is 10.1. The summed E-state index contributed by atoms with van der Waals surface area (Å²) < 4.78 is 38.5. The summed E-state index contributed by atoms with van der Waals surface area (Å²) in [6.07, 6.45) is -4.69. The van der Waals surface area contributed by atoms with E-state index < -0.39 is 29.1 Å². The second kappa shape index (κ2) is 6.39. The van der Waals surface area contributed by atoms with Crippen LogP contribution in [-0.4, -0.2) is 16.9 Å². The number of nitrogens with one attached hydrogen (secondary N) is 2. The number of carbonyl (C=O) groups excluding carboxylic acids is 2. The molecule has 0 aliphatic carbocycles. The van der Waals surface area contributed by atoms with Crippen molar-refractivity contribution in [1.29, 1.82) is 0 Å². The van der Waals surface area contributed by atoms with E-state index in [1.165, 1.54) is 24.3 Å². The van der Waals surface area contributed by atoms with E-state index in [1.54, 1.807) is 0 Å². The van der Waals surface area contributed by atoms with E-state index in [1.807, 2.05) is 10.9 Å². The summed E-state index contributed by atoms with van der Waals surface area (Å²) in [5, 5.41) is 9.25. The van der Waals surface area contributed by atoms with Gasteiger partial charge in [-0.2, -0.15) is 13.2 Å². The summed E-state index contributed by atoms with van der Waals surface area (Å²) in [7, 11) is 0. The highest BCUT2D eigenvalue weighted by atomic mass is 19.4. The van der Waals surface area contributed by atoms with Gasteiger partial charge in [-0.05, 0) is 30.3 Å². The molecule has 0 saturated heterocycles. The molecule has 0 bridgehead atoms. The predicted octanol–water partition coefficient (Wildman–Crippen LogP) is 2.49. The van der Waals surface area contributed by atoms with Gasteiger partial charge in [0, 0.05) is 5.56 Å². The Morgan fingerprint density at radius 1 is 0.913 bits per heavy atom. The topological polar surface area (TPSA) is 78.4 Å². The Hall–Kier alpha value is -3.03. The molecule has 0 radical (unpaired) electrons. The van der Waals surface area contributed by atoms with Gasteiger partial charge in [-0.1, -0.05) is 18.2 Å². The summed E-state index contributed by atoms with van der Waals surface area (Å²) >= 11 is 0. The van der Waals surface area contributed by atoms with E-state index in [2.05, 4.69) is 0 Å². The minimum atomic E-state index is -4.69. The van der Waals surface area contributed by atoms with Crippen LogP contribution in [0.25, 0.3) is 0 Å². The fourth-order valence-electron chi connectivity index (χ4n) is 1.83. The Bertz CT molecular complexity index is 745. The predicted molar refractivity (Wildman–Crippen MR) is 74.5 cm³/mol. The normalized spacial score (nSPS) is 10.9. The van der Waals surface area contributed by atoms with Crippen LogP contribution in [0.1, 0.15) is 26.3 Å². The van der Waals surface area contributed by atoms with Gasteiger partial charge in [0.25, 0.3) is 11.8 Å². The molecule has 120 valence electrons. The van der Waals surface area contributed by atoms with Crippen LogP contribution in [0.3, 0.4) is 0 Å². The fraction of sp³-hybridized carbons (Fsp3) is 0.0667. The van der Waals surface area contributed by atoms with E-state index in [0.29, 0.717) is 0 Å². The van der Waals surface area contributed by atoms with Gasteiger partial charge in [-0.15, -0.1) is 0 Å². The fourth-order valence-corrected chi connectivity index (χ4v) is 1.83. The number of rotatable bonds is 2. The number of phenolic OH excluding ortho intramolecular Hbond substituents is 1. The highest BCUT2D eigenvalue weighted by Gasteiger charge is 2.34. The van der Waals surface area contributed by atoms with Crippen molar-refractivity contribution in [2.24, 2.45) is 0 Å². The Labute approximate surface area is 128 Å². The zero-order valence-electron chi connectivity index (χ0n) is 11.5. The lowest BCUT2D eigenvalue weighted by molar-refractivity contribution is -0.137. The molecule has 8 heteroatoms. The van der Waals surface area contributed by atoms with Crippen molar-refractivity contribution >= 4 is 11.8 Å². The van der Waals surface area contributed by atoms with Crippen molar-refractivity contribution in [3.05, 3.63) is 65.2 Å². The number of alkyl halides is 3. The van der Waals surface area contributed by atoms with Crippen molar-refractivity contribution in [1.82, 2.24) is 10.9 Å². The smallest absolute Gasteiger partial charge is 0.417 e. The summed E-state index contributed by atoms with van der Waals surface area (Å²) in [6.45, 7) is 0. The lowest BCUT2D eigenvalue weighted by Gasteiger charge is -2.13. The molecule has 3 N–H and O–H groups in total. The zero-order valence-corrected chi connectivity index (χ0v) is 11.5. The maximum atomic E-state index is 12.8. The van der Waals surface area contributed by atoms with Crippen molar-refractivity contribution in [2.75, 3.05) is 0 Å². The summed E-state index contributed by atoms with van der Waals surface area (Å²) in [4.78, 5) is 23.6. The Morgan fingerprint density at radius 2 is 1.57 bits per heavy atom. The molecule has 2 aromatic rings. The van der Waals surface area contributed by atoms with Crippen molar-refractivity contribution < 1.29 is 27.9 Å². The molecule has 0 fully saturated rings. The maximum absolute atomic E-state index is 12.8. The highest BCUT2D eigenvalue weighted by molar-refractivity contribution is 6.00. The van der Waals surface area contributed by atoms with E-state index in [0.717, 1.165) is 24.3 Å². The van der Waals surface area contributed by atoms with Gasteiger partial charge in [0.2, 0.25) is 0 Å². The average molecular weight is 324 g/mol. The summed E-state index contributed by atoms with van der Waals surface area (Å²) in [5.41, 5.74) is 2.21. The molecule has 0 unspecified atom stereocenters. The minimum absolute atomic E-state index is 0.0365. The molecular formula is C15H11F3N2O3. The molecule has 0 aromatic heterocycles. The molecule has 0 heterocycles. The van der Waals surface area contributed by atoms with Gasteiger partial charge in [0.05, 0.1) is 11.1 Å². The number of carbonyl (C=O) groups is 2. The first-order chi connectivity index (χ1) is 10.8. The number of hydrogen-bond acceptors (Lipinski definition) is 3. The van der Waals surface area contributed by atoms with Crippen molar-refractivity contribution in [3.8, 4) is 5.75 Å². The van der Waals surface area contributed by atoms with Crippen LogP contribution in [0.5, 0.6) is 5.75 Å². The maximum Gasteiger partial charge on any atom is 0.417 e. The molecule has 5 nitrogen and oxygen atoms in total. The van der Waals surface area contributed by atoms with Gasteiger partial charge in [-0.25, -0.2) is 0 Å². The molecule has 2 rings (SSSR count). The summed E-state index contributed by atoms with van der Waals surface area (Å²) in [5.74, 6) is -2.04. The largest absolute Gasteiger partial charge is 0.508 e. The second-order valence-electron chi connectivity index (χ2n) is 4.50. The molecule has 2 aromatic carbocycles. The number of aromatic hydroxyl groups is 1. The SMILES string of the molecule is O=C(NNC(=O)c1ccccc1C(F)(F)F)c1cccc(O)c1. The van der Waals surface area contributed by atoms with E-state index in [-0.39, 0.29) is 11.3 Å². The molecule has 0 aliphatic rings. The molecule has 0 atom stereocenters. The Kier molecular flexibility index (Phi) is 4.54. The van der Waals surface area contributed by atoms with Crippen LogP contribution in [0.15, 0.2) is 48.5 Å². The van der Waals surface area contributed by atoms with E-state index in [9.17, 15) is 27.9 Å². The molecule has 23 heavy (non-hydrogen) atoms.